The molecule has 1 fully saturated rings. The molecule has 0 unspecified atom stereocenters. The average molecular weight is 524 g/mol. The van der Waals surface area contributed by atoms with E-state index in [1.165, 1.54) is 5.69 Å². The Morgan fingerprint density at radius 1 is 1.05 bits per heavy atom. The second-order valence-corrected chi connectivity index (χ2v) is 9.22. The number of nitrogens with one attached hydrogen (secondary N) is 1. The first kappa shape index (κ1) is 27.3. The maximum absolute atomic E-state index is 12.7. The second kappa shape index (κ2) is 12.2. The van der Waals surface area contributed by atoms with E-state index in [0.717, 1.165) is 41.8 Å². The fraction of sp³-hybridized carbons (Fsp3) is 0.207. The first-order chi connectivity index (χ1) is 17.5. The Morgan fingerprint density at radius 3 is 2.35 bits per heavy atom. The fourth-order valence-electron chi connectivity index (χ4n) is 4.37. The molecule has 1 atom stereocenters. The number of anilines is 2. The van der Waals surface area contributed by atoms with E-state index in [2.05, 4.69) is 46.1 Å². The van der Waals surface area contributed by atoms with Crippen LogP contribution in [0.25, 0.3) is 22.5 Å². The van der Waals surface area contributed by atoms with Crippen molar-refractivity contribution in [2.24, 2.45) is 0 Å². The molecule has 0 radical (unpaired) electrons. The first-order valence-corrected chi connectivity index (χ1v) is 12.3. The number of carbonyl (C=O) groups is 1. The molecular formula is C29H27ClN3NaO3. The molecule has 3 aromatic carbocycles. The number of nitrogens with zero attached hydrogens (tertiary/aromatic N) is 2. The summed E-state index contributed by atoms with van der Waals surface area (Å²) in [6.45, 7) is 5.63. The Morgan fingerprint density at radius 2 is 1.70 bits per heavy atom. The Balaban J connectivity index is 0.00000320. The van der Waals surface area contributed by atoms with E-state index in [0.29, 0.717) is 22.2 Å². The molecule has 0 aliphatic carbocycles. The molecule has 5 rings (SSSR count). The van der Waals surface area contributed by atoms with Gasteiger partial charge in [-0.25, -0.2) is 4.79 Å². The van der Waals surface area contributed by atoms with Gasteiger partial charge in [0, 0.05) is 21.8 Å². The van der Waals surface area contributed by atoms with Crippen molar-refractivity contribution in [2.75, 3.05) is 23.3 Å². The summed E-state index contributed by atoms with van der Waals surface area (Å²) < 4.78 is 11.1. The number of halogens is 1. The van der Waals surface area contributed by atoms with Gasteiger partial charge in [-0.1, -0.05) is 71.4 Å². The molecule has 4 aromatic rings. The summed E-state index contributed by atoms with van der Waals surface area (Å²) in [5, 5.41) is 7.39. The molecule has 37 heavy (non-hydrogen) atoms. The Labute approximate surface area is 244 Å². The van der Waals surface area contributed by atoms with E-state index in [9.17, 15) is 4.79 Å². The normalized spacial score (nSPS) is 13.6. The molecule has 1 N–H and O–H groups in total. The van der Waals surface area contributed by atoms with Crippen molar-refractivity contribution in [2.45, 2.75) is 26.4 Å². The average Bonchev–Trinajstić information content (AvgIpc) is 3.55. The summed E-state index contributed by atoms with van der Waals surface area (Å²) in [5.41, 5.74) is 6.05. The molecule has 6 nitrogen and oxygen atoms in total. The number of amides is 1. The van der Waals surface area contributed by atoms with Gasteiger partial charge in [0.2, 0.25) is 0 Å². The van der Waals surface area contributed by atoms with E-state index in [1.807, 2.05) is 42.5 Å². The number of aryl methyl sites for hydroxylation is 1. The van der Waals surface area contributed by atoms with Gasteiger partial charge in [0.15, 0.2) is 5.76 Å². The molecule has 2 heterocycles. The molecule has 1 aliphatic heterocycles. The van der Waals surface area contributed by atoms with Crippen LogP contribution in [0.4, 0.5) is 16.2 Å². The molecule has 1 amide bonds. The maximum Gasteiger partial charge on any atom is 1.00 e. The SMILES string of the molecule is Cc1noc(-c2ccc(-c3ccc(N4C[CH-]CC4)cc3)cc2)c1NC(=O)O[C@H](C)c1ccccc1Cl.[Na+]. The number of rotatable bonds is 6. The zero-order valence-electron chi connectivity index (χ0n) is 21.2. The van der Waals surface area contributed by atoms with Gasteiger partial charge in [-0.3, -0.25) is 5.32 Å². The van der Waals surface area contributed by atoms with Crippen LogP contribution in [0, 0.1) is 13.3 Å². The summed E-state index contributed by atoms with van der Waals surface area (Å²) in [4.78, 5) is 15.0. The third-order valence-corrected chi connectivity index (χ3v) is 6.73. The monoisotopic (exact) mass is 523 g/mol. The van der Waals surface area contributed by atoms with E-state index in [-0.39, 0.29) is 29.6 Å². The fourth-order valence-corrected chi connectivity index (χ4v) is 4.66. The second-order valence-electron chi connectivity index (χ2n) is 8.81. The summed E-state index contributed by atoms with van der Waals surface area (Å²) in [6, 6.07) is 23.9. The predicted molar refractivity (Wildman–Crippen MR) is 143 cm³/mol. The van der Waals surface area contributed by atoms with Crippen LogP contribution in [-0.4, -0.2) is 24.3 Å². The largest absolute Gasteiger partial charge is 1.00 e. The van der Waals surface area contributed by atoms with Crippen LogP contribution in [0.1, 0.15) is 30.7 Å². The van der Waals surface area contributed by atoms with E-state index in [1.54, 1.807) is 19.9 Å². The summed E-state index contributed by atoms with van der Waals surface area (Å²) in [5.74, 6) is 0.474. The number of ether oxygens (including phenoxy) is 1. The van der Waals surface area contributed by atoms with Gasteiger partial charge in [0.25, 0.3) is 0 Å². The molecule has 8 heteroatoms. The van der Waals surface area contributed by atoms with Gasteiger partial charge in [0.05, 0.1) is 0 Å². The zero-order valence-corrected chi connectivity index (χ0v) is 24.0. The summed E-state index contributed by atoms with van der Waals surface area (Å²) >= 11 is 6.23. The molecule has 1 aliphatic rings. The number of benzene rings is 3. The number of aromatic nitrogens is 1. The predicted octanol–water partition coefficient (Wildman–Crippen LogP) is 4.70. The van der Waals surface area contributed by atoms with Crippen molar-refractivity contribution < 1.29 is 43.6 Å². The number of carbonyl (C=O) groups excluding carboxylic acids is 1. The quantitative estimate of drug-likeness (QED) is 0.293. The van der Waals surface area contributed by atoms with E-state index < -0.39 is 12.2 Å². The van der Waals surface area contributed by atoms with Crippen molar-refractivity contribution in [3.05, 3.63) is 95.5 Å². The van der Waals surface area contributed by atoms with Crippen molar-refractivity contribution in [3.63, 3.8) is 0 Å². The van der Waals surface area contributed by atoms with Gasteiger partial charge in [-0.05, 0) is 49.7 Å². The van der Waals surface area contributed by atoms with Crippen LogP contribution in [0.5, 0.6) is 0 Å². The number of hydrogen-bond donors (Lipinski definition) is 1. The van der Waals surface area contributed by atoms with E-state index >= 15 is 0 Å². The van der Waals surface area contributed by atoms with Crippen molar-refractivity contribution in [1.82, 2.24) is 5.16 Å². The van der Waals surface area contributed by atoms with Gasteiger partial charge >= 0.3 is 35.7 Å². The standard InChI is InChI=1S/C29H27ClN3O3.Na/c1-19-27(31-29(34)35-20(2)25-7-3-4-8-26(25)30)28(36-32-19)23-11-9-21(10-12-23)22-13-15-24(16-14-22)33-17-5-6-18-33;/h3-5,7-16,20H,6,17-18H2,1-2H3,(H,31,34);/q-1;+1/t20-;/m1./s1. The molecule has 0 bridgehead atoms. The molecular weight excluding hydrogens is 497 g/mol. The summed E-state index contributed by atoms with van der Waals surface area (Å²) in [7, 11) is 0. The Hall–Kier alpha value is -2.77. The summed E-state index contributed by atoms with van der Waals surface area (Å²) in [6.07, 6.45) is 2.32. The Kier molecular flexibility index (Phi) is 8.98. The minimum Gasteiger partial charge on any atom is -0.441 e. The van der Waals surface area contributed by atoms with Crippen molar-refractivity contribution in [1.29, 1.82) is 0 Å². The smallest absolute Gasteiger partial charge is 0.441 e. The molecule has 1 aromatic heterocycles. The topological polar surface area (TPSA) is 67.6 Å². The maximum atomic E-state index is 12.7. The minimum atomic E-state index is -0.609. The number of hydrogen-bond acceptors (Lipinski definition) is 5. The zero-order chi connectivity index (χ0) is 25.1. The molecule has 184 valence electrons. The van der Waals surface area contributed by atoms with Gasteiger partial charge in [-0.15, -0.1) is 6.54 Å². The first-order valence-electron chi connectivity index (χ1n) is 12.0. The molecule has 0 saturated carbocycles. The van der Waals surface area contributed by atoms with Crippen molar-refractivity contribution in [3.8, 4) is 22.5 Å². The van der Waals surface area contributed by atoms with Crippen molar-refractivity contribution >= 4 is 29.1 Å². The van der Waals surface area contributed by atoms with Gasteiger partial charge in [0.1, 0.15) is 17.5 Å². The van der Waals surface area contributed by atoms with Crippen LogP contribution in [-0.2, 0) is 4.74 Å². The molecule has 1 saturated heterocycles. The van der Waals surface area contributed by atoms with Gasteiger partial charge in [-0.2, -0.15) is 6.42 Å². The minimum absolute atomic E-state index is 0. The third-order valence-electron chi connectivity index (χ3n) is 6.38. The van der Waals surface area contributed by atoms with Crippen LogP contribution in [0.2, 0.25) is 5.02 Å². The van der Waals surface area contributed by atoms with Crippen LogP contribution in [0.3, 0.4) is 0 Å². The van der Waals surface area contributed by atoms with Crippen LogP contribution in [0.15, 0.2) is 77.3 Å². The Bertz CT molecular complexity index is 1350. The van der Waals surface area contributed by atoms with Gasteiger partial charge < -0.3 is 20.6 Å². The van der Waals surface area contributed by atoms with E-state index in [4.69, 9.17) is 20.9 Å². The van der Waals surface area contributed by atoms with Crippen LogP contribution >= 0.6 is 11.6 Å². The van der Waals surface area contributed by atoms with Crippen LogP contribution < -0.4 is 39.8 Å². The molecule has 0 spiro atoms. The third kappa shape index (κ3) is 6.21.